The quantitative estimate of drug-likeness (QED) is 0.312. The Hall–Kier alpha value is -3.42. The second kappa shape index (κ2) is 9.59. The van der Waals surface area contributed by atoms with Gasteiger partial charge >= 0.3 is 0 Å². The highest BCUT2D eigenvalue weighted by Gasteiger charge is 2.06. The molecule has 0 spiro atoms. The van der Waals surface area contributed by atoms with Gasteiger partial charge in [0.25, 0.3) is 0 Å². The molecular weight excluding hydrogens is 432 g/mol. The van der Waals surface area contributed by atoms with E-state index in [-0.39, 0.29) is 12.3 Å². The number of nitrogens with one attached hydrogen (secondary N) is 1. The van der Waals surface area contributed by atoms with Gasteiger partial charge in [0.1, 0.15) is 12.4 Å². The second-order valence-electron chi connectivity index (χ2n) is 6.81. The molecule has 0 saturated carbocycles. The van der Waals surface area contributed by atoms with Gasteiger partial charge in [-0.25, -0.2) is 10.4 Å². The van der Waals surface area contributed by atoms with Crippen LogP contribution >= 0.6 is 22.9 Å². The molecule has 0 bridgehead atoms. The molecule has 6 nitrogen and oxygen atoms in total. The smallest absolute Gasteiger partial charge is 0.244 e. The molecule has 4 aromatic rings. The molecule has 0 atom stereocenters. The molecule has 0 aliphatic heterocycles. The highest BCUT2D eigenvalue weighted by molar-refractivity contribution is 7.22. The Kier molecular flexibility index (Phi) is 6.45. The fourth-order valence-corrected chi connectivity index (χ4v) is 3.86. The molecule has 0 aliphatic carbocycles. The molecule has 1 amide bonds. The number of hydrogen-bond donors (Lipinski definition) is 2. The van der Waals surface area contributed by atoms with Gasteiger partial charge in [-0.15, -0.1) is 0 Å². The average molecular weight is 451 g/mol. The summed E-state index contributed by atoms with van der Waals surface area (Å²) < 4.78 is 6.77. The fraction of sp³-hybridized carbons (Fsp3) is 0.0870. The minimum atomic E-state index is -0.205. The number of rotatable bonds is 7. The number of halogens is 1. The lowest BCUT2D eigenvalue weighted by molar-refractivity contribution is -0.120. The first-order chi connectivity index (χ1) is 15.0. The summed E-state index contributed by atoms with van der Waals surface area (Å²) in [7, 11) is 0. The number of amides is 1. The number of hydrogen-bond acceptors (Lipinski definition) is 6. The van der Waals surface area contributed by atoms with Crippen LogP contribution in [-0.4, -0.2) is 17.1 Å². The number of ether oxygens (including phenoxy) is 1. The van der Waals surface area contributed by atoms with E-state index in [1.807, 2.05) is 66.7 Å². The van der Waals surface area contributed by atoms with Gasteiger partial charge in [0.2, 0.25) is 5.91 Å². The number of carbonyl (C=O) groups is 1. The van der Waals surface area contributed by atoms with Gasteiger partial charge < -0.3 is 10.5 Å². The van der Waals surface area contributed by atoms with E-state index in [0.717, 1.165) is 26.9 Å². The number of nitrogens with zero attached hydrogens (tertiary/aromatic N) is 2. The number of benzene rings is 3. The van der Waals surface area contributed by atoms with Crippen molar-refractivity contribution in [2.24, 2.45) is 5.10 Å². The summed E-state index contributed by atoms with van der Waals surface area (Å²) >= 11 is 7.30. The summed E-state index contributed by atoms with van der Waals surface area (Å²) in [6.45, 7) is 0.435. The Labute approximate surface area is 188 Å². The number of fused-ring (bicyclic) bond motifs is 1. The van der Waals surface area contributed by atoms with Crippen molar-refractivity contribution in [2.45, 2.75) is 13.0 Å². The third-order valence-electron chi connectivity index (χ3n) is 4.41. The molecule has 1 aromatic heterocycles. The summed E-state index contributed by atoms with van der Waals surface area (Å²) in [5.74, 6) is 0.505. The van der Waals surface area contributed by atoms with Gasteiger partial charge in [-0.3, -0.25) is 4.79 Å². The third-order valence-corrected chi connectivity index (χ3v) is 5.51. The highest BCUT2D eigenvalue weighted by Crippen LogP contribution is 2.24. The van der Waals surface area contributed by atoms with E-state index >= 15 is 0 Å². The Morgan fingerprint density at radius 3 is 2.77 bits per heavy atom. The van der Waals surface area contributed by atoms with Crippen molar-refractivity contribution in [3.8, 4) is 5.75 Å². The number of aromatic nitrogens is 1. The fourth-order valence-electron chi connectivity index (χ4n) is 2.93. The van der Waals surface area contributed by atoms with Crippen LogP contribution in [0.25, 0.3) is 10.2 Å². The molecule has 0 aliphatic rings. The molecule has 3 aromatic carbocycles. The minimum absolute atomic E-state index is 0.205. The minimum Gasteiger partial charge on any atom is -0.489 e. The van der Waals surface area contributed by atoms with E-state index in [4.69, 9.17) is 22.1 Å². The predicted octanol–water partition coefficient (Wildman–Crippen LogP) is 4.80. The third kappa shape index (κ3) is 5.81. The molecular formula is C23H19ClN4O2S. The lowest BCUT2D eigenvalue weighted by Gasteiger charge is -2.07. The Balaban J connectivity index is 1.30. The molecule has 0 radical (unpaired) electrons. The van der Waals surface area contributed by atoms with E-state index in [1.165, 1.54) is 11.3 Å². The van der Waals surface area contributed by atoms with Crippen LogP contribution in [0.2, 0.25) is 5.02 Å². The summed E-state index contributed by atoms with van der Waals surface area (Å²) in [6, 6.07) is 20.6. The summed E-state index contributed by atoms with van der Waals surface area (Å²) in [4.78, 5) is 16.4. The number of anilines is 1. The Bertz CT molecular complexity index is 1240. The van der Waals surface area contributed by atoms with Crippen LogP contribution in [0.3, 0.4) is 0 Å². The summed E-state index contributed by atoms with van der Waals surface area (Å²) in [6.07, 6.45) is 1.80. The van der Waals surface area contributed by atoms with Crippen molar-refractivity contribution >= 4 is 50.4 Å². The molecule has 3 N–H and O–H groups in total. The summed E-state index contributed by atoms with van der Waals surface area (Å²) in [5, 5.41) is 5.26. The summed E-state index contributed by atoms with van der Waals surface area (Å²) in [5.41, 5.74) is 11.8. The van der Waals surface area contributed by atoms with Crippen molar-refractivity contribution in [3.63, 3.8) is 0 Å². The normalized spacial score (nSPS) is 11.1. The SMILES string of the molecule is Nc1nc2ccc(CC(=O)N/N=C\c3cccc(OCc4ccc(Cl)cc4)c3)cc2s1. The number of hydrazone groups is 1. The van der Waals surface area contributed by atoms with Gasteiger partial charge in [-0.05, 0) is 53.1 Å². The van der Waals surface area contributed by atoms with Crippen LogP contribution in [0.4, 0.5) is 5.13 Å². The largest absolute Gasteiger partial charge is 0.489 e. The van der Waals surface area contributed by atoms with Crippen LogP contribution in [-0.2, 0) is 17.8 Å². The zero-order chi connectivity index (χ0) is 21.6. The molecule has 4 rings (SSSR count). The number of nitrogens with two attached hydrogens (primary N) is 1. The van der Waals surface area contributed by atoms with Gasteiger partial charge in [0.15, 0.2) is 5.13 Å². The van der Waals surface area contributed by atoms with Crippen molar-refractivity contribution in [2.75, 3.05) is 5.73 Å². The van der Waals surface area contributed by atoms with E-state index in [0.29, 0.717) is 22.5 Å². The molecule has 156 valence electrons. The van der Waals surface area contributed by atoms with Crippen molar-refractivity contribution in [3.05, 3.63) is 88.4 Å². The topological polar surface area (TPSA) is 89.6 Å². The zero-order valence-electron chi connectivity index (χ0n) is 16.4. The lowest BCUT2D eigenvalue weighted by atomic mass is 10.1. The van der Waals surface area contributed by atoms with Crippen molar-refractivity contribution in [1.82, 2.24) is 10.4 Å². The maximum atomic E-state index is 12.2. The predicted molar refractivity (Wildman–Crippen MR) is 126 cm³/mol. The molecule has 0 saturated heterocycles. The van der Waals surface area contributed by atoms with Crippen molar-refractivity contribution < 1.29 is 9.53 Å². The Morgan fingerprint density at radius 2 is 1.94 bits per heavy atom. The van der Waals surface area contributed by atoms with Gasteiger partial charge in [0.05, 0.1) is 22.9 Å². The van der Waals surface area contributed by atoms with E-state index in [9.17, 15) is 4.79 Å². The van der Waals surface area contributed by atoms with Gasteiger partial charge in [0, 0.05) is 5.02 Å². The number of thiazole rings is 1. The van der Waals surface area contributed by atoms with Crippen LogP contribution in [0, 0.1) is 0 Å². The van der Waals surface area contributed by atoms with Crippen LogP contribution in [0.15, 0.2) is 71.8 Å². The van der Waals surface area contributed by atoms with Crippen LogP contribution in [0.1, 0.15) is 16.7 Å². The standard InChI is InChI=1S/C23H19ClN4O2S/c24-18-7-4-15(5-8-18)14-30-19-3-1-2-17(10-19)13-26-28-22(29)12-16-6-9-20-21(11-16)31-23(25)27-20/h1-11,13H,12,14H2,(H2,25,27)(H,28,29)/b26-13-. The zero-order valence-corrected chi connectivity index (χ0v) is 18.0. The van der Waals surface area contributed by atoms with Crippen molar-refractivity contribution in [1.29, 1.82) is 0 Å². The van der Waals surface area contributed by atoms with Crippen LogP contribution in [0.5, 0.6) is 5.75 Å². The second-order valence-corrected chi connectivity index (χ2v) is 8.31. The first-order valence-electron chi connectivity index (χ1n) is 9.49. The first kappa shape index (κ1) is 20.8. The van der Waals surface area contributed by atoms with E-state index in [2.05, 4.69) is 15.5 Å². The van der Waals surface area contributed by atoms with Gasteiger partial charge in [-0.1, -0.05) is 53.3 Å². The Morgan fingerprint density at radius 1 is 1.13 bits per heavy atom. The average Bonchev–Trinajstić information content (AvgIpc) is 3.13. The molecule has 0 unspecified atom stereocenters. The highest BCUT2D eigenvalue weighted by atomic mass is 35.5. The monoisotopic (exact) mass is 450 g/mol. The first-order valence-corrected chi connectivity index (χ1v) is 10.7. The maximum absolute atomic E-state index is 12.2. The van der Waals surface area contributed by atoms with Crippen LogP contribution < -0.4 is 15.9 Å². The van der Waals surface area contributed by atoms with E-state index < -0.39 is 0 Å². The lowest BCUT2D eigenvalue weighted by Crippen LogP contribution is -2.19. The molecule has 8 heteroatoms. The molecule has 1 heterocycles. The molecule has 31 heavy (non-hydrogen) atoms. The van der Waals surface area contributed by atoms with E-state index in [1.54, 1.807) is 6.21 Å². The number of nitrogen functional groups attached to an aromatic ring is 1. The van der Waals surface area contributed by atoms with Gasteiger partial charge in [-0.2, -0.15) is 5.10 Å². The molecule has 0 fully saturated rings. The maximum Gasteiger partial charge on any atom is 0.244 e. The number of carbonyl (C=O) groups excluding carboxylic acids is 1.